The number of imidazole rings is 2. The molecule has 2 aliphatic carbocycles. The Hall–Kier alpha value is -3.51. The van der Waals surface area contributed by atoms with E-state index in [-0.39, 0.29) is 41.8 Å². The molecule has 4 aromatic rings. The number of hydrogen-bond acceptors (Lipinski definition) is 15. The summed E-state index contributed by atoms with van der Waals surface area (Å²) < 4.78 is 63.7. The molecule has 0 radical (unpaired) electrons. The lowest BCUT2D eigenvalue weighted by atomic mass is 10.0. The number of aromatic nitrogens is 8. The normalized spacial score (nSPS) is 31.2. The van der Waals surface area contributed by atoms with Crippen LogP contribution in [0, 0.1) is 29.6 Å². The van der Waals surface area contributed by atoms with Crippen LogP contribution in [0.15, 0.2) is 30.1 Å². The molecule has 1 saturated heterocycles. The van der Waals surface area contributed by atoms with Crippen molar-refractivity contribution < 1.29 is 41.9 Å². The summed E-state index contributed by atoms with van der Waals surface area (Å²) in [7, 11) is -7.19. The Balaban J connectivity index is 1.17. The van der Waals surface area contributed by atoms with Gasteiger partial charge >= 0.3 is 7.82 Å². The third-order valence-corrected chi connectivity index (χ3v) is 17.1. The molecule has 2 unspecified atom stereocenters. The van der Waals surface area contributed by atoms with Crippen LogP contribution in [0.4, 0.5) is 4.39 Å². The summed E-state index contributed by atoms with van der Waals surface area (Å²) in [6, 6.07) is 1.47. The number of hydrogen-bond donors (Lipinski definition) is 3. The number of aromatic amines is 1. The van der Waals surface area contributed by atoms with Crippen molar-refractivity contribution in [2.24, 2.45) is 11.3 Å². The zero-order chi connectivity index (χ0) is 38.1. The zero-order valence-corrected chi connectivity index (χ0v) is 32.0. The number of aryl methyl sites for hydroxylation is 1. The van der Waals surface area contributed by atoms with E-state index in [1.54, 1.807) is 6.33 Å². The number of phosphoric acid groups is 1. The minimum absolute atomic E-state index is 0.0221. The van der Waals surface area contributed by atoms with Gasteiger partial charge in [0.1, 0.15) is 24.1 Å². The van der Waals surface area contributed by atoms with Crippen molar-refractivity contribution in [3.8, 4) is 6.07 Å². The van der Waals surface area contributed by atoms with Crippen molar-refractivity contribution in [3.63, 3.8) is 0 Å². The quantitative estimate of drug-likeness (QED) is 0.100. The van der Waals surface area contributed by atoms with Crippen LogP contribution in [-0.2, 0) is 27.3 Å². The van der Waals surface area contributed by atoms with Crippen LogP contribution >= 0.6 is 7.82 Å². The Morgan fingerprint density at radius 2 is 1.85 bits per heavy atom. The number of H-pyrrole nitrogens is 1. The highest BCUT2D eigenvalue weighted by Crippen LogP contribution is 2.70. The molecule has 18 nitrogen and oxygen atoms in total. The molecule has 3 fully saturated rings. The maximum Gasteiger partial charge on any atom is 0.475 e. The second-order valence-electron chi connectivity index (χ2n) is 15.4. The van der Waals surface area contributed by atoms with Crippen LogP contribution < -0.4 is 5.56 Å². The molecule has 53 heavy (non-hydrogen) atoms. The van der Waals surface area contributed by atoms with E-state index >= 15 is 4.39 Å². The summed E-state index contributed by atoms with van der Waals surface area (Å²) in [5.74, 6) is -0.240. The monoisotopic (exact) mass is 775 g/mol. The lowest BCUT2D eigenvalue weighted by Crippen LogP contribution is -2.49. The van der Waals surface area contributed by atoms with E-state index in [1.807, 2.05) is 17.6 Å². The van der Waals surface area contributed by atoms with Crippen molar-refractivity contribution >= 4 is 38.5 Å². The highest BCUT2D eigenvalue weighted by atomic mass is 31.2. The molecule has 3 N–H and O–H groups in total. The van der Waals surface area contributed by atoms with Gasteiger partial charge in [0.25, 0.3) is 5.56 Å². The number of aliphatic hydroxyl groups excluding tert-OH is 2. The molecule has 286 valence electrons. The summed E-state index contributed by atoms with van der Waals surface area (Å²) in [5.41, 5.74) is 0.347. The first kappa shape index (κ1) is 37.8. The third kappa shape index (κ3) is 6.45. The molecule has 0 amide bonds. The molecule has 0 bridgehead atoms. The highest BCUT2D eigenvalue weighted by molar-refractivity contribution is 7.48. The number of fused-ring (bicyclic) bond motifs is 3. The topological polar surface area (TPSA) is 235 Å². The van der Waals surface area contributed by atoms with Gasteiger partial charge in [0, 0.05) is 5.41 Å². The number of nitriles is 1. The Bertz CT molecular complexity index is 2150. The molecular formula is C32H43FN9O9PSi. The summed E-state index contributed by atoms with van der Waals surface area (Å²) in [4.78, 5) is 36.0. The van der Waals surface area contributed by atoms with Gasteiger partial charge < -0.3 is 28.9 Å². The highest BCUT2D eigenvalue weighted by Gasteiger charge is 2.73. The first-order valence-electron chi connectivity index (χ1n) is 17.3. The maximum absolute atomic E-state index is 16.3. The van der Waals surface area contributed by atoms with E-state index < -0.39 is 76.6 Å². The minimum Gasteiger partial charge on any atom is -0.409 e. The average Bonchev–Trinajstić information content (AvgIpc) is 3.37. The van der Waals surface area contributed by atoms with Crippen molar-refractivity contribution in [3.05, 3.63) is 41.4 Å². The van der Waals surface area contributed by atoms with Gasteiger partial charge in [-0.15, -0.1) is 0 Å². The van der Waals surface area contributed by atoms with E-state index in [4.69, 9.17) is 22.7 Å². The number of halogens is 1. The minimum atomic E-state index is -4.71. The fourth-order valence-corrected chi connectivity index (χ4v) is 9.99. The summed E-state index contributed by atoms with van der Waals surface area (Å²) in [6.45, 7) is 10.9. The Kier molecular flexibility index (Phi) is 9.73. The van der Waals surface area contributed by atoms with E-state index in [0.29, 0.717) is 23.3 Å². The molecular weight excluding hydrogens is 732 g/mol. The molecule has 3 aliphatic rings. The first-order valence-corrected chi connectivity index (χ1v) is 21.7. The van der Waals surface area contributed by atoms with Crippen molar-refractivity contribution in [1.82, 2.24) is 39.0 Å². The second kappa shape index (κ2) is 13.7. The number of phosphoric ester groups is 1. The number of alkyl halides is 1. The van der Waals surface area contributed by atoms with E-state index in [0.717, 1.165) is 6.33 Å². The SMILES string of the molecule is Cc1ncnc2c1ncn2[C@H]1C(O[Si](C)(C)C(C)(C)C)[C@H](O)[C@]2(COP(=O)(OCCC#N)O[C@H]3[C@@H](F)[C@H](n4cnc5c(=O)[nH]cnc54)O[C@@H]3CO)C[C@H]12. The van der Waals surface area contributed by atoms with Gasteiger partial charge in [-0.3, -0.25) is 22.9 Å². The largest absolute Gasteiger partial charge is 0.475 e. The molecule has 7 rings (SSSR count). The van der Waals surface area contributed by atoms with Gasteiger partial charge in [-0.2, -0.15) is 5.26 Å². The van der Waals surface area contributed by atoms with Gasteiger partial charge in [0.15, 0.2) is 37.5 Å². The van der Waals surface area contributed by atoms with E-state index in [2.05, 4.69) is 63.8 Å². The van der Waals surface area contributed by atoms with E-state index in [1.165, 1.54) is 17.2 Å². The third-order valence-electron chi connectivity index (χ3n) is 11.2. The Labute approximate surface area is 304 Å². The van der Waals surface area contributed by atoms with Crippen LogP contribution in [0.2, 0.25) is 18.1 Å². The number of nitrogens with zero attached hydrogens (tertiary/aromatic N) is 8. The molecule has 1 aliphatic heterocycles. The predicted molar refractivity (Wildman–Crippen MR) is 186 cm³/mol. The lowest BCUT2D eigenvalue weighted by Gasteiger charge is -2.42. The molecule has 0 aromatic carbocycles. The number of aliphatic hydroxyl groups is 2. The summed E-state index contributed by atoms with van der Waals surface area (Å²) in [5, 5.41) is 31.3. The molecule has 0 spiro atoms. The number of rotatable bonds is 13. The fraction of sp³-hybridized carbons (Fsp3) is 0.656. The molecule has 5 heterocycles. The zero-order valence-electron chi connectivity index (χ0n) is 30.1. The number of ether oxygens (including phenoxy) is 1. The van der Waals surface area contributed by atoms with Crippen LogP contribution in [0.1, 0.15) is 51.6 Å². The van der Waals surface area contributed by atoms with Crippen molar-refractivity contribution in [1.29, 1.82) is 5.26 Å². The Morgan fingerprint density at radius 1 is 1.13 bits per heavy atom. The van der Waals surface area contributed by atoms with Crippen molar-refractivity contribution in [2.75, 3.05) is 19.8 Å². The predicted octanol–water partition coefficient (Wildman–Crippen LogP) is 3.25. The fourth-order valence-electron chi connectivity index (χ4n) is 7.23. The summed E-state index contributed by atoms with van der Waals surface area (Å²) >= 11 is 0. The van der Waals surface area contributed by atoms with Crippen LogP contribution in [0.5, 0.6) is 0 Å². The van der Waals surface area contributed by atoms with E-state index in [9.17, 15) is 24.8 Å². The average molecular weight is 776 g/mol. The van der Waals surface area contributed by atoms with Crippen molar-refractivity contribution in [2.45, 2.75) is 102 Å². The molecule has 2 saturated carbocycles. The smallest absolute Gasteiger partial charge is 0.409 e. The maximum atomic E-state index is 16.3. The lowest BCUT2D eigenvalue weighted by molar-refractivity contribution is -0.0502. The standard InChI is InChI=1S/C32H43FN9O9PSi/c1-17-21-27(36-13-35-17)41(15-39-21)23-18-10-32(18,26(44)25(23)51-53(5,6)31(2,3)4)12-48-52(46,47-9-7-8-34)50-24-19(11-43)49-30(20(24)33)42-16-40-22-28(42)37-14-38-29(22)45/h13-16,18-20,23-26,30,43-44H,7,9-12H2,1-6H3,(H,37,38,45)/t18-,19-,20-,23-,24-,25?,26+,30-,32+,52?/m1/s1. The number of nitrogens with one attached hydrogen (secondary N) is 1. The van der Waals surface area contributed by atoms with Crippen LogP contribution in [0.25, 0.3) is 22.3 Å². The first-order chi connectivity index (χ1) is 25.1. The summed E-state index contributed by atoms with van der Waals surface area (Å²) in [6.07, 6.45) is -2.67. The van der Waals surface area contributed by atoms with Gasteiger partial charge in [-0.05, 0) is 37.4 Å². The van der Waals surface area contributed by atoms with Crippen LogP contribution in [0.3, 0.4) is 0 Å². The Morgan fingerprint density at radius 3 is 2.57 bits per heavy atom. The van der Waals surface area contributed by atoms with Crippen LogP contribution in [-0.4, -0.2) is 108 Å². The molecule has 4 aromatic heterocycles. The molecule has 10 atom stereocenters. The van der Waals surface area contributed by atoms with Gasteiger partial charge in [0.2, 0.25) is 0 Å². The van der Waals surface area contributed by atoms with Gasteiger partial charge in [-0.25, -0.2) is 33.9 Å². The second-order valence-corrected chi connectivity index (χ2v) is 21.8. The van der Waals surface area contributed by atoms with Gasteiger partial charge in [0.05, 0.1) is 75.2 Å². The molecule has 21 heteroatoms. The van der Waals surface area contributed by atoms with Gasteiger partial charge in [-0.1, -0.05) is 20.8 Å².